The van der Waals surface area contributed by atoms with Gasteiger partial charge < -0.3 is 0 Å². The van der Waals surface area contributed by atoms with Gasteiger partial charge in [-0.1, -0.05) is 151 Å². The average Bonchev–Trinajstić information content (AvgIpc) is 3.87. The number of fused-ring (bicyclic) bond motifs is 21. The second-order valence-electron chi connectivity index (χ2n) is 15.7. The van der Waals surface area contributed by atoms with Crippen molar-refractivity contribution in [1.82, 2.24) is 9.38 Å². The maximum Gasteiger partial charge on any atom is 0.195 e. The minimum absolute atomic E-state index is 0.651. The van der Waals surface area contributed by atoms with Crippen molar-refractivity contribution in [3.63, 3.8) is 0 Å². The zero-order valence-corrected chi connectivity index (χ0v) is 33.0. The molecule has 0 amide bonds. The van der Waals surface area contributed by atoms with Gasteiger partial charge in [-0.15, -0.1) is 0 Å². The molecule has 0 spiro atoms. The number of nitriles is 1. The molecule has 2 aromatic heterocycles. The van der Waals surface area contributed by atoms with Crippen LogP contribution in [0.2, 0.25) is 0 Å². The Morgan fingerprint density at radius 2 is 0.817 bits per heavy atom. The van der Waals surface area contributed by atoms with Crippen LogP contribution >= 0.6 is 11.3 Å². The van der Waals surface area contributed by atoms with E-state index in [0.29, 0.717) is 5.56 Å². The molecular weight excluding hydrogens is 747 g/mol. The van der Waals surface area contributed by atoms with Crippen LogP contribution in [-0.4, -0.2) is 9.38 Å². The number of rotatable bonds is 1. The van der Waals surface area contributed by atoms with Crippen LogP contribution in [0.15, 0.2) is 188 Å². The quantitative estimate of drug-likeness (QED) is 0.167. The van der Waals surface area contributed by atoms with E-state index < -0.39 is 0 Å². The minimum atomic E-state index is 0.651. The summed E-state index contributed by atoms with van der Waals surface area (Å²) in [6.45, 7) is 0. The number of imidazole rings is 1. The van der Waals surface area contributed by atoms with E-state index in [-0.39, 0.29) is 0 Å². The molecule has 276 valence electrons. The van der Waals surface area contributed by atoms with Crippen molar-refractivity contribution in [3.05, 3.63) is 194 Å². The molecular formula is C56H31N3S. The molecule has 11 aromatic carbocycles. The highest BCUT2D eigenvalue weighted by Crippen LogP contribution is 2.43. The van der Waals surface area contributed by atoms with Gasteiger partial charge in [0.1, 0.15) is 0 Å². The molecule has 4 heteroatoms. The van der Waals surface area contributed by atoms with Crippen molar-refractivity contribution in [2.45, 2.75) is 0 Å². The average molecular weight is 778 g/mol. The van der Waals surface area contributed by atoms with Gasteiger partial charge in [0.2, 0.25) is 0 Å². The van der Waals surface area contributed by atoms with Crippen LogP contribution < -0.4 is 0 Å². The van der Waals surface area contributed by atoms with Gasteiger partial charge in [0.25, 0.3) is 0 Å². The summed E-state index contributed by atoms with van der Waals surface area (Å²) in [7, 11) is 0. The van der Waals surface area contributed by atoms with Crippen LogP contribution in [0.1, 0.15) is 5.56 Å². The number of hydrogen-bond acceptors (Lipinski definition) is 3. The van der Waals surface area contributed by atoms with Gasteiger partial charge in [0.15, 0.2) is 4.96 Å². The fourth-order valence-corrected chi connectivity index (χ4v) is 11.0. The Balaban J connectivity index is 1.21. The molecule has 0 unspecified atom stereocenters. The lowest BCUT2D eigenvalue weighted by molar-refractivity contribution is 1.35. The lowest BCUT2D eigenvalue weighted by Gasteiger charge is -2.14. The summed E-state index contributed by atoms with van der Waals surface area (Å²) in [6, 6.07) is 70.7. The Morgan fingerprint density at radius 1 is 0.383 bits per heavy atom. The lowest BCUT2D eigenvalue weighted by atomic mass is 9.89. The smallest absolute Gasteiger partial charge is 0.195 e. The summed E-state index contributed by atoms with van der Waals surface area (Å²) in [5.74, 6) is 0. The van der Waals surface area contributed by atoms with E-state index in [1.165, 1.54) is 69.5 Å². The van der Waals surface area contributed by atoms with Gasteiger partial charge in [-0.05, 0) is 140 Å². The lowest BCUT2D eigenvalue weighted by Crippen LogP contribution is -1.87. The monoisotopic (exact) mass is 777 g/mol. The number of nitrogens with zero attached hydrogens (tertiary/aromatic N) is 3. The number of benzene rings is 9. The van der Waals surface area contributed by atoms with Crippen LogP contribution in [0, 0.1) is 11.3 Å². The molecule has 2 heterocycles. The molecule has 0 N–H and O–H groups in total. The first kappa shape index (κ1) is 33.2. The van der Waals surface area contributed by atoms with Gasteiger partial charge in [0.05, 0.1) is 32.9 Å². The van der Waals surface area contributed by atoms with E-state index in [1.54, 1.807) is 11.3 Å². The van der Waals surface area contributed by atoms with Crippen LogP contribution in [0.5, 0.6) is 0 Å². The van der Waals surface area contributed by atoms with E-state index in [4.69, 9.17) is 4.98 Å². The summed E-state index contributed by atoms with van der Waals surface area (Å²) in [5, 5.41) is 28.8. The van der Waals surface area contributed by atoms with E-state index in [2.05, 4.69) is 192 Å². The van der Waals surface area contributed by atoms with Gasteiger partial charge >= 0.3 is 0 Å². The first-order chi connectivity index (χ1) is 29.7. The molecule has 3 nitrogen and oxygen atoms in total. The van der Waals surface area contributed by atoms with Crippen molar-refractivity contribution < 1.29 is 0 Å². The largest absolute Gasteiger partial charge is 0.283 e. The van der Waals surface area contributed by atoms with Gasteiger partial charge in [-0.2, -0.15) is 5.26 Å². The first-order valence-corrected chi connectivity index (χ1v) is 21.1. The highest BCUT2D eigenvalue weighted by Gasteiger charge is 2.17. The molecule has 0 radical (unpaired) electrons. The maximum absolute atomic E-state index is 10.1. The van der Waals surface area contributed by atoms with Gasteiger partial charge in [-0.25, -0.2) is 4.98 Å². The standard InChI is InChI=1S/C56H31N3S/c57-32-33-24-26-45-46(28-33)39-15-4-1-12-36(39)37-13-2-5-16-40(37)49-30-50-43-19-8-7-18-42(43)47-29-34(25-27-44(47)38-14-3-6-17-41(38)48(50)31-51(45)49)35-20-11-22-53-55(35)58-56-59(53)52-21-9-10-23-54(52)60-56/h1-31H. The van der Waals surface area contributed by atoms with E-state index in [9.17, 15) is 5.26 Å². The molecule has 0 aliphatic heterocycles. The molecule has 0 saturated heterocycles. The van der Waals surface area contributed by atoms with E-state index in [0.717, 1.165) is 54.1 Å². The molecule has 0 atom stereocenters. The van der Waals surface area contributed by atoms with Gasteiger partial charge in [-0.3, -0.25) is 4.40 Å². The molecule has 0 aliphatic rings. The Morgan fingerprint density at radius 3 is 1.38 bits per heavy atom. The Kier molecular flexibility index (Phi) is 6.95. The first-order valence-electron chi connectivity index (χ1n) is 20.3. The van der Waals surface area contributed by atoms with Crippen LogP contribution in [0.25, 0.3) is 124 Å². The third-order valence-electron chi connectivity index (χ3n) is 12.6. The number of hydrogen-bond donors (Lipinski definition) is 0. The topological polar surface area (TPSA) is 41.1 Å². The number of aromatic nitrogens is 2. The molecule has 60 heavy (non-hydrogen) atoms. The highest BCUT2D eigenvalue weighted by atomic mass is 32.1. The van der Waals surface area contributed by atoms with Crippen molar-refractivity contribution >= 4 is 124 Å². The van der Waals surface area contributed by atoms with Crippen LogP contribution in [0.3, 0.4) is 0 Å². The maximum atomic E-state index is 10.1. The predicted molar refractivity (Wildman–Crippen MR) is 256 cm³/mol. The Bertz CT molecular complexity index is 4150. The molecule has 13 aromatic rings. The second-order valence-corrected chi connectivity index (χ2v) is 16.7. The Hall–Kier alpha value is -7.84. The van der Waals surface area contributed by atoms with Crippen LogP contribution in [-0.2, 0) is 0 Å². The molecule has 0 bridgehead atoms. The highest BCUT2D eigenvalue weighted by molar-refractivity contribution is 7.23. The van der Waals surface area contributed by atoms with Crippen LogP contribution in [0.4, 0.5) is 0 Å². The minimum Gasteiger partial charge on any atom is -0.283 e. The molecule has 0 aliphatic carbocycles. The summed E-state index contributed by atoms with van der Waals surface area (Å²) in [4.78, 5) is 6.27. The fourth-order valence-electron chi connectivity index (χ4n) is 9.98. The zero-order valence-electron chi connectivity index (χ0n) is 32.1. The zero-order chi connectivity index (χ0) is 39.5. The fraction of sp³-hybridized carbons (Fsp3) is 0. The second kappa shape index (κ2) is 12.6. The molecule has 0 fully saturated rings. The third kappa shape index (κ3) is 4.67. The van der Waals surface area contributed by atoms with E-state index >= 15 is 0 Å². The summed E-state index contributed by atoms with van der Waals surface area (Å²) < 4.78 is 3.54. The van der Waals surface area contributed by atoms with Crippen molar-refractivity contribution in [2.24, 2.45) is 0 Å². The SMILES string of the molecule is N#Cc1ccc2c(c1)c1ccccc1c1ccccc1c1cc3c4ccccc4c4cc(-c5cccc6c5nc5sc7ccccc7n56)ccc4c4ccccc4c3cc21. The van der Waals surface area contributed by atoms with E-state index in [1.807, 2.05) is 6.07 Å². The number of thiazole rings is 1. The van der Waals surface area contributed by atoms with Gasteiger partial charge in [0, 0.05) is 5.56 Å². The molecule has 13 rings (SSSR count). The third-order valence-corrected chi connectivity index (χ3v) is 13.6. The van der Waals surface area contributed by atoms with Crippen molar-refractivity contribution in [1.29, 1.82) is 5.26 Å². The van der Waals surface area contributed by atoms with Crippen molar-refractivity contribution in [3.8, 4) is 17.2 Å². The van der Waals surface area contributed by atoms with Crippen molar-refractivity contribution in [2.75, 3.05) is 0 Å². The number of para-hydroxylation sites is 2. The normalized spacial score (nSPS) is 12.0. The summed E-state index contributed by atoms with van der Waals surface area (Å²) in [5.41, 5.74) is 6.24. The Labute approximate surface area is 347 Å². The molecule has 0 saturated carbocycles. The predicted octanol–water partition coefficient (Wildman–Crippen LogP) is 15.6. The summed E-state index contributed by atoms with van der Waals surface area (Å²) in [6.07, 6.45) is 0. The summed E-state index contributed by atoms with van der Waals surface area (Å²) >= 11 is 1.74.